The molecule has 0 fully saturated rings. The molecule has 0 bridgehead atoms. The standard InChI is InChI=1S/C12H17N3/c1-2-3-8-15-12-7-5-4-6-10(12)11(9-13)14-15/h4-7H,2-3,8-9,13H2,1H3. The van der Waals surface area contributed by atoms with Gasteiger partial charge in [0.25, 0.3) is 0 Å². The van der Waals surface area contributed by atoms with E-state index in [1.54, 1.807) is 0 Å². The topological polar surface area (TPSA) is 43.8 Å². The van der Waals surface area contributed by atoms with Gasteiger partial charge in [-0.15, -0.1) is 0 Å². The van der Waals surface area contributed by atoms with Gasteiger partial charge in [-0.05, 0) is 12.5 Å². The number of aromatic nitrogens is 2. The van der Waals surface area contributed by atoms with Crippen molar-refractivity contribution in [1.29, 1.82) is 0 Å². The summed E-state index contributed by atoms with van der Waals surface area (Å²) in [6, 6.07) is 8.28. The van der Waals surface area contributed by atoms with Crippen LogP contribution in [-0.2, 0) is 13.1 Å². The number of nitrogens with zero attached hydrogens (tertiary/aromatic N) is 2. The molecule has 0 saturated heterocycles. The smallest absolute Gasteiger partial charge is 0.0838 e. The van der Waals surface area contributed by atoms with Crippen molar-refractivity contribution in [3.05, 3.63) is 30.0 Å². The van der Waals surface area contributed by atoms with Gasteiger partial charge >= 0.3 is 0 Å². The van der Waals surface area contributed by atoms with E-state index in [2.05, 4.69) is 28.8 Å². The van der Waals surface area contributed by atoms with Crippen molar-refractivity contribution in [2.24, 2.45) is 5.73 Å². The minimum Gasteiger partial charge on any atom is -0.325 e. The van der Waals surface area contributed by atoms with E-state index in [0.717, 1.165) is 18.7 Å². The fourth-order valence-corrected chi connectivity index (χ4v) is 1.83. The first-order valence-electron chi connectivity index (χ1n) is 5.51. The molecule has 0 aliphatic heterocycles. The zero-order chi connectivity index (χ0) is 10.7. The van der Waals surface area contributed by atoms with Crippen LogP contribution in [0.1, 0.15) is 25.5 Å². The number of para-hydroxylation sites is 1. The Morgan fingerprint density at radius 1 is 1.33 bits per heavy atom. The van der Waals surface area contributed by atoms with E-state index < -0.39 is 0 Å². The van der Waals surface area contributed by atoms with Gasteiger partial charge in [0, 0.05) is 18.5 Å². The van der Waals surface area contributed by atoms with E-state index >= 15 is 0 Å². The second-order valence-electron chi connectivity index (χ2n) is 3.74. The number of hydrogen-bond acceptors (Lipinski definition) is 2. The lowest BCUT2D eigenvalue weighted by molar-refractivity contribution is 0.581. The van der Waals surface area contributed by atoms with Crippen molar-refractivity contribution >= 4 is 10.9 Å². The van der Waals surface area contributed by atoms with Gasteiger partial charge in [-0.1, -0.05) is 31.5 Å². The number of benzene rings is 1. The molecule has 0 aliphatic carbocycles. The van der Waals surface area contributed by atoms with Crippen molar-refractivity contribution < 1.29 is 0 Å². The van der Waals surface area contributed by atoms with Gasteiger partial charge in [-0.25, -0.2) is 0 Å². The first kappa shape index (κ1) is 10.2. The van der Waals surface area contributed by atoms with Gasteiger partial charge in [-0.3, -0.25) is 4.68 Å². The molecule has 15 heavy (non-hydrogen) atoms. The summed E-state index contributed by atoms with van der Waals surface area (Å²) >= 11 is 0. The molecule has 1 aromatic carbocycles. The van der Waals surface area contributed by atoms with Crippen molar-refractivity contribution in [2.45, 2.75) is 32.9 Å². The third kappa shape index (κ3) is 1.88. The van der Waals surface area contributed by atoms with E-state index in [0.29, 0.717) is 6.54 Å². The van der Waals surface area contributed by atoms with Gasteiger partial charge in [0.1, 0.15) is 0 Å². The van der Waals surface area contributed by atoms with E-state index in [-0.39, 0.29) is 0 Å². The molecular formula is C12H17N3. The normalized spacial score (nSPS) is 11.1. The summed E-state index contributed by atoms with van der Waals surface area (Å²) < 4.78 is 2.07. The van der Waals surface area contributed by atoms with Crippen LogP contribution < -0.4 is 5.73 Å². The van der Waals surface area contributed by atoms with E-state index in [1.165, 1.54) is 17.3 Å². The number of rotatable bonds is 4. The van der Waals surface area contributed by atoms with Crippen LogP contribution in [0.4, 0.5) is 0 Å². The molecule has 0 radical (unpaired) electrons. The van der Waals surface area contributed by atoms with Crippen LogP contribution in [-0.4, -0.2) is 9.78 Å². The maximum Gasteiger partial charge on any atom is 0.0838 e. The SMILES string of the molecule is CCCCn1nc(CN)c2ccccc21. The van der Waals surface area contributed by atoms with Crippen LogP contribution >= 0.6 is 0 Å². The Morgan fingerprint density at radius 3 is 2.87 bits per heavy atom. The monoisotopic (exact) mass is 203 g/mol. The largest absolute Gasteiger partial charge is 0.325 e. The summed E-state index contributed by atoms with van der Waals surface area (Å²) in [6.07, 6.45) is 2.35. The second kappa shape index (κ2) is 4.45. The summed E-state index contributed by atoms with van der Waals surface area (Å²) in [5.74, 6) is 0. The fourth-order valence-electron chi connectivity index (χ4n) is 1.83. The zero-order valence-electron chi connectivity index (χ0n) is 9.11. The highest BCUT2D eigenvalue weighted by Gasteiger charge is 2.07. The van der Waals surface area contributed by atoms with Crippen molar-refractivity contribution in [2.75, 3.05) is 0 Å². The average Bonchev–Trinajstić information content (AvgIpc) is 2.65. The Kier molecular flexibility index (Phi) is 3.02. The number of hydrogen-bond donors (Lipinski definition) is 1. The Hall–Kier alpha value is -1.35. The molecule has 1 heterocycles. The molecule has 1 aromatic heterocycles. The van der Waals surface area contributed by atoms with Crippen molar-refractivity contribution in [1.82, 2.24) is 9.78 Å². The molecule has 0 aliphatic rings. The highest BCUT2D eigenvalue weighted by Crippen LogP contribution is 2.18. The Balaban J connectivity index is 2.45. The minimum atomic E-state index is 0.514. The first-order chi connectivity index (χ1) is 7.36. The van der Waals surface area contributed by atoms with Crippen LogP contribution in [0, 0.1) is 0 Å². The summed E-state index contributed by atoms with van der Waals surface area (Å²) in [5.41, 5.74) is 7.88. The van der Waals surface area contributed by atoms with Crippen LogP contribution in [0.2, 0.25) is 0 Å². The Bertz CT molecular complexity index is 445. The number of fused-ring (bicyclic) bond motifs is 1. The van der Waals surface area contributed by atoms with Crippen LogP contribution in [0.25, 0.3) is 10.9 Å². The molecule has 0 unspecified atom stereocenters. The molecule has 80 valence electrons. The average molecular weight is 203 g/mol. The maximum atomic E-state index is 5.68. The van der Waals surface area contributed by atoms with E-state index in [1.807, 2.05) is 12.1 Å². The fraction of sp³-hybridized carbons (Fsp3) is 0.417. The summed E-state index contributed by atoms with van der Waals surface area (Å²) in [6.45, 7) is 3.69. The van der Waals surface area contributed by atoms with E-state index in [4.69, 9.17) is 5.73 Å². The highest BCUT2D eigenvalue weighted by atomic mass is 15.3. The molecule has 3 heteroatoms. The molecular weight excluding hydrogens is 186 g/mol. The van der Waals surface area contributed by atoms with Crippen molar-refractivity contribution in [3.8, 4) is 0 Å². The van der Waals surface area contributed by atoms with Gasteiger partial charge < -0.3 is 5.73 Å². The number of nitrogens with two attached hydrogens (primary N) is 1. The predicted octanol–water partition coefficient (Wildman–Crippen LogP) is 2.30. The Labute approximate surface area is 89.9 Å². The Morgan fingerprint density at radius 2 is 2.13 bits per heavy atom. The van der Waals surface area contributed by atoms with Gasteiger partial charge in [-0.2, -0.15) is 5.10 Å². The third-order valence-corrected chi connectivity index (χ3v) is 2.65. The number of unbranched alkanes of at least 4 members (excludes halogenated alkanes) is 1. The summed E-state index contributed by atoms with van der Waals surface area (Å²) in [7, 11) is 0. The molecule has 0 saturated carbocycles. The minimum absolute atomic E-state index is 0.514. The first-order valence-corrected chi connectivity index (χ1v) is 5.51. The predicted molar refractivity (Wildman–Crippen MR) is 62.5 cm³/mol. The molecule has 2 N–H and O–H groups in total. The highest BCUT2D eigenvalue weighted by molar-refractivity contribution is 5.81. The van der Waals surface area contributed by atoms with Crippen LogP contribution in [0.15, 0.2) is 24.3 Å². The quantitative estimate of drug-likeness (QED) is 0.828. The lowest BCUT2D eigenvalue weighted by Crippen LogP contribution is -2.02. The maximum absolute atomic E-state index is 5.68. The second-order valence-corrected chi connectivity index (χ2v) is 3.74. The molecule has 2 rings (SSSR count). The molecule has 0 amide bonds. The van der Waals surface area contributed by atoms with Crippen molar-refractivity contribution in [3.63, 3.8) is 0 Å². The molecule has 0 spiro atoms. The number of aryl methyl sites for hydroxylation is 1. The lowest BCUT2D eigenvalue weighted by Gasteiger charge is -2.00. The van der Waals surface area contributed by atoms with Crippen LogP contribution in [0.5, 0.6) is 0 Å². The zero-order valence-corrected chi connectivity index (χ0v) is 9.11. The molecule has 0 atom stereocenters. The van der Waals surface area contributed by atoms with Gasteiger partial charge in [0.05, 0.1) is 11.2 Å². The third-order valence-electron chi connectivity index (χ3n) is 2.65. The summed E-state index contributed by atoms with van der Waals surface area (Å²) in [4.78, 5) is 0. The van der Waals surface area contributed by atoms with Crippen LogP contribution in [0.3, 0.4) is 0 Å². The van der Waals surface area contributed by atoms with Gasteiger partial charge in [0.2, 0.25) is 0 Å². The molecule has 3 nitrogen and oxygen atoms in total. The van der Waals surface area contributed by atoms with E-state index in [9.17, 15) is 0 Å². The molecule has 2 aromatic rings. The lowest BCUT2D eigenvalue weighted by atomic mass is 10.2. The summed E-state index contributed by atoms with van der Waals surface area (Å²) in [5, 5.41) is 5.73. The van der Waals surface area contributed by atoms with Gasteiger partial charge in [0.15, 0.2) is 0 Å².